The lowest BCUT2D eigenvalue weighted by molar-refractivity contribution is -0.132. The van der Waals surface area contributed by atoms with Crippen LogP contribution in [0.15, 0.2) is 29.8 Å². The highest BCUT2D eigenvalue weighted by molar-refractivity contribution is 5.96. The summed E-state index contributed by atoms with van der Waals surface area (Å²) in [7, 11) is 1.52. The van der Waals surface area contributed by atoms with Crippen LogP contribution >= 0.6 is 0 Å². The van der Waals surface area contributed by atoms with E-state index >= 15 is 0 Å². The Bertz CT molecular complexity index is 443. The molecule has 0 saturated carbocycles. The van der Waals surface area contributed by atoms with Gasteiger partial charge in [-0.15, -0.1) is 0 Å². The topological polar surface area (TPSA) is 70.3 Å². The molecule has 0 aromatic heterocycles. The van der Waals surface area contributed by atoms with Crippen molar-refractivity contribution in [3.8, 4) is 11.8 Å². The summed E-state index contributed by atoms with van der Waals surface area (Å²) in [6, 6.07) is 8.42. The fourth-order valence-corrected chi connectivity index (χ4v) is 1.04. The van der Waals surface area contributed by atoms with Crippen LogP contribution in [0.3, 0.4) is 0 Å². The van der Waals surface area contributed by atoms with E-state index < -0.39 is 5.97 Å². The summed E-state index contributed by atoms with van der Waals surface area (Å²) in [4.78, 5) is 10.6. The summed E-state index contributed by atoms with van der Waals surface area (Å²) in [5.74, 6) is -0.619. The van der Waals surface area contributed by atoms with Crippen molar-refractivity contribution in [1.82, 2.24) is 0 Å². The van der Waals surface area contributed by atoms with Gasteiger partial charge in [-0.2, -0.15) is 5.26 Å². The maximum atomic E-state index is 10.6. The Hall–Kier alpha value is -2.28. The predicted octanol–water partition coefficient (Wildman–Crippen LogP) is 1.69. The van der Waals surface area contributed by atoms with Gasteiger partial charge in [-0.3, -0.25) is 0 Å². The molecule has 4 heteroatoms. The monoisotopic (exact) mass is 203 g/mol. The molecular formula is C11H9NO3. The van der Waals surface area contributed by atoms with Gasteiger partial charge in [-0.25, -0.2) is 4.79 Å². The van der Waals surface area contributed by atoms with E-state index in [1.165, 1.54) is 13.2 Å². The Morgan fingerprint density at radius 1 is 1.60 bits per heavy atom. The van der Waals surface area contributed by atoms with E-state index in [4.69, 9.17) is 15.1 Å². The average molecular weight is 203 g/mol. The minimum Gasteiger partial charge on any atom is -0.497 e. The van der Waals surface area contributed by atoms with Crippen molar-refractivity contribution in [2.24, 2.45) is 0 Å². The van der Waals surface area contributed by atoms with E-state index in [1.54, 1.807) is 30.3 Å². The van der Waals surface area contributed by atoms with E-state index in [0.29, 0.717) is 11.3 Å². The highest BCUT2D eigenvalue weighted by Gasteiger charge is 2.05. The largest absolute Gasteiger partial charge is 0.497 e. The lowest BCUT2D eigenvalue weighted by Gasteiger charge is -2.00. The van der Waals surface area contributed by atoms with Crippen LogP contribution in [0.2, 0.25) is 0 Å². The first-order valence-electron chi connectivity index (χ1n) is 4.16. The summed E-state index contributed by atoms with van der Waals surface area (Å²) >= 11 is 0. The van der Waals surface area contributed by atoms with Crippen LogP contribution in [0.5, 0.6) is 5.75 Å². The SMILES string of the molecule is COc1cccc(C=C(C#N)C(=O)O)c1. The summed E-state index contributed by atoms with van der Waals surface area (Å²) in [5, 5.41) is 17.2. The normalized spacial score (nSPS) is 10.5. The summed E-state index contributed by atoms with van der Waals surface area (Å²) in [5.41, 5.74) is 0.316. The molecule has 0 saturated heterocycles. The van der Waals surface area contributed by atoms with Crippen LogP contribution in [0.4, 0.5) is 0 Å². The van der Waals surface area contributed by atoms with Crippen LogP contribution in [-0.4, -0.2) is 18.2 Å². The first kappa shape index (κ1) is 10.8. The zero-order valence-electron chi connectivity index (χ0n) is 8.10. The quantitative estimate of drug-likeness (QED) is 0.599. The van der Waals surface area contributed by atoms with Crippen LogP contribution in [-0.2, 0) is 4.79 Å². The molecule has 1 N–H and O–H groups in total. The summed E-state index contributed by atoms with van der Waals surface area (Å²) < 4.78 is 4.97. The first-order valence-corrected chi connectivity index (χ1v) is 4.16. The highest BCUT2D eigenvalue weighted by atomic mass is 16.5. The number of methoxy groups -OCH3 is 1. The maximum absolute atomic E-state index is 10.6. The number of carboxylic acid groups (broad SMARTS) is 1. The molecule has 0 amide bonds. The molecular weight excluding hydrogens is 194 g/mol. The number of ether oxygens (including phenoxy) is 1. The minimum absolute atomic E-state index is 0.303. The fraction of sp³-hybridized carbons (Fsp3) is 0.0909. The van der Waals surface area contributed by atoms with Gasteiger partial charge in [0.25, 0.3) is 0 Å². The molecule has 0 aliphatic rings. The van der Waals surface area contributed by atoms with Crippen molar-refractivity contribution in [3.63, 3.8) is 0 Å². The van der Waals surface area contributed by atoms with Crippen molar-refractivity contribution in [2.45, 2.75) is 0 Å². The second-order valence-corrected chi connectivity index (χ2v) is 2.75. The number of hydrogen-bond acceptors (Lipinski definition) is 3. The van der Waals surface area contributed by atoms with Gasteiger partial charge in [0.2, 0.25) is 0 Å². The molecule has 0 bridgehead atoms. The smallest absolute Gasteiger partial charge is 0.346 e. The Morgan fingerprint density at radius 3 is 2.87 bits per heavy atom. The molecule has 0 aliphatic carbocycles. The molecule has 0 spiro atoms. The molecule has 1 aromatic carbocycles. The van der Waals surface area contributed by atoms with Gasteiger partial charge in [0.05, 0.1) is 7.11 Å². The third-order valence-corrected chi connectivity index (χ3v) is 1.76. The fourth-order valence-electron chi connectivity index (χ4n) is 1.04. The van der Waals surface area contributed by atoms with Crippen molar-refractivity contribution >= 4 is 12.0 Å². The molecule has 0 unspecified atom stereocenters. The number of carbonyl (C=O) groups is 1. The van der Waals surface area contributed by atoms with E-state index in [-0.39, 0.29) is 5.57 Å². The third kappa shape index (κ3) is 2.85. The predicted molar refractivity (Wildman–Crippen MR) is 54.2 cm³/mol. The molecule has 1 aromatic rings. The van der Waals surface area contributed by atoms with Crippen molar-refractivity contribution in [3.05, 3.63) is 35.4 Å². The van der Waals surface area contributed by atoms with Crippen LogP contribution in [0.1, 0.15) is 5.56 Å². The lowest BCUT2D eigenvalue weighted by atomic mass is 10.1. The van der Waals surface area contributed by atoms with Gasteiger partial charge in [0, 0.05) is 0 Å². The number of hydrogen-bond donors (Lipinski definition) is 1. The van der Waals surface area contributed by atoms with E-state index in [9.17, 15) is 4.79 Å². The number of nitrogens with zero attached hydrogens (tertiary/aromatic N) is 1. The van der Waals surface area contributed by atoms with Gasteiger partial charge < -0.3 is 9.84 Å². The minimum atomic E-state index is -1.24. The molecule has 0 atom stereocenters. The van der Waals surface area contributed by atoms with Crippen LogP contribution < -0.4 is 4.74 Å². The third-order valence-electron chi connectivity index (χ3n) is 1.76. The first-order chi connectivity index (χ1) is 7.17. The number of aliphatic carboxylic acids is 1. The Labute approximate surface area is 87.0 Å². The number of carboxylic acids is 1. The Kier molecular flexibility index (Phi) is 3.47. The van der Waals surface area contributed by atoms with E-state index in [2.05, 4.69) is 0 Å². The Morgan fingerprint density at radius 2 is 2.33 bits per heavy atom. The molecule has 0 aliphatic heterocycles. The second-order valence-electron chi connectivity index (χ2n) is 2.75. The van der Waals surface area contributed by atoms with Gasteiger partial charge in [0.1, 0.15) is 17.4 Å². The standard InChI is InChI=1S/C11H9NO3/c1-15-10-4-2-3-8(6-10)5-9(7-12)11(13)14/h2-6H,1H3,(H,13,14). The van der Waals surface area contributed by atoms with Crippen LogP contribution in [0, 0.1) is 11.3 Å². The van der Waals surface area contributed by atoms with Gasteiger partial charge in [0.15, 0.2) is 0 Å². The number of rotatable bonds is 3. The molecule has 4 nitrogen and oxygen atoms in total. The molecule has 0 heterocycles. The second kappa shape index (κ2) is 4.82. The Balaban J connectivity index is 3.07. The average Bonchev–Trinajstić information content (AvgIpc) is 2.25. The number of nitriles is 1. The van der Waals surface area contributed by atoms with Crippen molar-refractivity contribution < 1.29 is 14.6 Å². The summed E-state index contributed by atoms with van der Waals surface area (Å²) in [6.45, 7) is 0. The van der Waals surface area contributed by atoms with Gasteiger partial charge in [-0.05, 0) is 23.8 Å². The lowest BCUT2D eigenvalue weighted by Crippen LogP contribution is -1.97. The summed E-state index contributed by atoms with van der Waals surface area (Å²) in [6.07, 6.45) is 1.30. The van der Waals surface area contributed by atoms with Crippen molar-refractivity contribution in [1.29, 1.82) is 5.26 Å². The van der Waals surface area contributed by atoms with Crippen LogP contribution in [0.25, 0.3) is 6.08 Å². The van der Waals surface area contributed by atoms with Gasteiger partial charge >= 0.3 is 5.97 Å². The van der Waals surface area contributed by atoms with Gasteiger partial charge in [-0.1, -0.05) is 12.1 Å². The maximum Gasteiger partial charge on any atom is 0.346 e. The zero-order valence-corrected chi connectivity index (χ0v) is 8.10. The number of benzene rings is 1. The molecule has 76 valence electrons. The molecule has 15 heavy (non-hydrogen) atoms. The zero-order chi connectivity index (χ0) is 11.3. The molecule has 1 rings (SSSR count). The van der Waals surface area contributed by atoms with E-state index in [1.807, 2.05) is 0 Å². The highest BCUT2D eigenvalue weighted by Crippen LogP contribution is 2.15. The van der Waals surface area contributed by atoms with Crippen molar-refractivity contribution in [2.75, 3.05) is 7.11 Å². The molecule has 0 fully saturated rings. The molecule has 0 radical (unpaired) electrons. The van der Waals surface area contributed by atoms with E-state index in [0.717, 1.165) is 0 Å².